The molecular weight excluding hydrogens is 172 g/mol. The molecule has 5 nitrogen and oxygen atoms in total. The molecule has 0 fully saturated rings. The second-order valence-electron chi connectivity index (χ2n) is 2.71. The predicted octanol–water partition coefficient (Wildman–Crippen LogP) is -0.530. The maximum absolute atomic E-state index is 11.1. The van der Waals surface area contributed by atoms with Gasteiger partial charge in [-0.3, -0.25) is 0 Å². The molecule has 0 aromatic heterocycles. The molecule has 13 heavy (non-hydrogen) atoms. The number of hydrogen-bond donors (Lipinski definition) is 2. The lowest BCUT2D eigenvalue weighted by Crippen LogP contribution is -2.03. The number of carbonyl (C=O) groups excluding carboxylic acids is 1. The summed E-state index contributed by atoms with van der Waals surface area (Å²) in [5, 5.41) is 0. The molecule has 2 aliphatic heterocycles. The molecule has 0 aromatic carbocycles. The van der Waals surface area contributed by atoms with E-state index in [0.717, 1.165) is 0 Å². The van der Waals surface area contributed by atoms with E-state index in [9.17, 15) is 4.79 Å². The zero-order valence-corrected chi connectivity index (χ0v) is 6.74. The van der Waals surface area contributed by atoms with Gasteiger partial charge in [0.2, 0.25) is 0 Å². The van der Waals surface area contributed by atoms with E-state index in [0.29, 0.717) is 23.6 Å². The van der Waals surface area contributed by atoms with Crippen molar-refractivity contribution in [3.8, 4) is 0 Å². The van der Waals surface area contributed by atoms with Gasteiger partial charge >= 0.3 is 5.97 Å². The third-order valence-electron chi connectivity index (χ3n) is 1.77. The molecule has 0 aliphatic carbocycles. The number of hydrogen-bond acceptors (Lipinski definition) is 5. The summed E-state index contributed by atoms with van der Waals surface area (Å²) < 4.78 is 9.60. The quantitative estimate of drug-likeness (QED) is 0.386. The highest BCUT2D eigenvalue weighted by Gasteiger charge is 2.24. The van der Waals surface area contributed by atoms with Crippen LogP contribution in [0.1, 0.15) is 0 Å². The molecule has 68 valence electrons. The highest BCUT2D eigenvalue weighted by molar-refractivity contribution is 5.96. The molecule has 0 radical (unpaired) electrons. The number of nitrogens with two attached hydrogens (primary N) is 2. The lowest BCUT2D eigenvalue weighted by atomic mass is 10.1. The molecule has 0 bridgehead atoms. The van der Waals surface area contributed by atoms with Crippen molar-refractivity contribution >= 4 is 5.97 Å². The summed E-state index contributed by atoms with van der Waals surface area (Å²) in [6.07, 6.45) is 3.06. The van der Waals surface area contributed by atoms with Gasteiger partial charge in [0.1, 0.15) is 6.61 Å². The van der Waals surface area contributed by atoms with Gasteiger partial charge in [-0.15, -0.1) is 0 Å². The van der Waals surface area contributed by atoms with Crippen molar-refractivity contribution in [3.05, 3.63) is 35.1 Å². The maximum atomic E-state index is 11.1. The van der Waals surface area contributed by atoms with E-state index in [1.54, 1.807) is 6.08 Å². The topological polar surface area (TPSA) is 87.6 Å². The minimum Gasteiger partial charge on any atom is -0.474 e. The van der Waals surface area contributed by atoms with E-state index in [1.807, 2.05) is 0 Å². The molecular formula is C8H8N2O3. The summed E-state index contributed by atoms with van der Waals surface area (Å²) in [6.45, 7) is 0.292. The Morgan fingerprint density at radius 3 is 2.46 bits per heavy atom. The van der Waals surface area contributed by atoms with Crippen LogP contribution in [0.4, 0.5) is 0 Å². The van der Waals surface area contributed by atoms with Gasteiger partial charge in [-0.2, -0.15) is 0 Å². The third kappa shape index (κ3) is 1.24. The summed E-state index contributed by atoms with van der Waals surface area (Å²) >= 11 is 0. The van der Waals surface area contributed by atoms with Crippen molar-refractivity contribution in [2.45, 2.75) is 0 Å². The van der Waals surface area contributed by atoms with Crippen LogP contribution < -0.4 is 11.5 Å². The van der Waals surface area contributed by atoms with E-state index in [1.165, 1.54) is 6.08 Å². The van der Waals surface area contributed by atoms with Gasteiger partial charge in [0.15, 0.2) is 11.8 Å². The zero-order chi connectivity index (χ0) is 9.42. The molecule has 0 unspecified atom stereocenters. The van der Waals surface area contributed by atoms with Gasteiger partial charge in [0, 0.05) is 17.7 Å². The first kappa shape index (κ1) is 7.72. The largest absolute Gasteiger partial charge is 0.474 e. The molecule has 0 spiro atoms. The summed E-state index contributed by atoms with van der Waals surface area (Å²) in [6, 6.07) is 0. The Balaban J connectivity index is 2.40. The minimum absolute atomic E-state index is 0.103. The van der Waals surface area contributed by atoms with Gasteiger partial charge in [-0.25, -0.2) is 4.79 Å². The standard InChI is InChI=1S/C8H8N2O3/c9-6-1-4(3-12-6)5-2-7(10)13-8(5)11/h1-2H,3,9-10H2/b5-4+. The van der Waals surface area contributed by atoms with Crippen molar-refractivity contribution < 1.29 is 14.3 Å². The van der Waals surface area contributed by atoms with Gasteiger partial charge < -0.3 is 20.9 Å². The summed E-state index contributed by atoms with van der Waals surface area (Å²) in [7, 11) is 0. The van der Waals surface area contributed by atoms with Crippen LogP contribution in [0.5, 0.6) is 0 Å². The summed E-state index contributed by atoms with van der Waals surface area (Å²) in [5.41, 5.74) is 11.8. The molecule has 2 heterocycles. The van der Waals surface area contributed by atoms with Crippen LogP contribution in [0.15, 0.2) is 35.1 Å². The van der Waals surface area contributed by atoms with Crippen LogP contribution in [0.25, 0.3) is 0 Å². The number of carbonyl (C=O) groups is 1. The molecule has 2 aliphatic rings. The van der Waals surface area contributed by atoms with Crippen molar-refractivity contribution in [1.82, 2.24) is 0 Å². The van der Waals surface area contributed by atoms with E-state index in [-0.39, 0.29) is 5.88 Å². The smallest absolute Gasteiger partial charge is 0.345 e. The van der Waals surface area contributed by atoms with Crippen molar-refractivity contribution in [2.75, 3.05) is 6.61 Å². The average molecular weight is 180 g/mol. The van der Waals surface area contributed by atoms with Crippen LogP contribution in [0.2, 0.25) is 0 Å². The Kier molecular flexibility index (Phi) is 1.51. The number of cyclic esters (lactones) is 1. The van der Waals surface area contributed by atoms with Gasteiger partial charge in [0.05, 0.1) is 5.57 Å². The zero-order valence-electron chi connectivity index (χ0n) is 6.74. The fourth-order valence-corrected chi connectivity index (χ4v) is 1.19. The van der Waals surface area contributed by atoms with E-state index >= 15 is 0 Å². The fourth-order valence-electron chi connectivity index (χ4n) is 1.19. The van der Waals surface area contributed by atoms with Crippen LogP contribution in [-0.4, -0.2) is 12.6 Å². The van der Waals surface area contributed by atoms with Crippen LogP contribution >= 0.6 is 0 Å². The molecule has 0 amide bonds. The Labute approximate surface area is 74.3 Å². The third-order valence-corrected chi connectivity index (χ3v) is 1.77. The van der Waals surface area contributed by atoms with Gasteiger partial charge in [0.25, 0.3) is 0 Å². The minimum atomic E-state index is -0.456. The molecule has 0 saturated heterocycles. The maximum Gasteiger partial charge on any atom is 0.345 e. The number of ether oxygens (including phenoxy) is 2. The molecule has 0 atom stereocenters. The summed E-state index contributed by atoms with van der Waals surface area (Å²) in [4.78, 5) is 11.1. The summed E-state index contributed by atoms with van der Waals surface area (Å²) in [5.74, 6) is -0.0532. The molecule has 4 N–H and O–H groups in total. The normalized spacial score (nSPS) is 26.6. The second kappa shape index (κ2) is 2.55. The van der Waals surface area contributed by atoms with Crippen molar-refractivity contribution in [2.24, 2.45) is 11.5 Å². The Morgan fingerprint density at radius 1 is 1.23 bits per heavy atom. The Hall–Kier alpha value is -1.91. The first-order valence-electron chi connectivity index (χ1n) is 3.69. The molecule has 5 heteroatoms. The molecule has 2 rings (SSSR count). The second-order valence-corrected chi connectivity index (χ2v) is 2.71. The van der Waals surface area contributed by atoms with Crippen molar-refractivity contribution in [3.63, 3.8) is 0 Å². The lowest BCUT2D eigenvalue weighted by molar-refractivity contribution is -0.133. The van der Waals surface area contributed by atoms with Crippen LogP contribution in [-0.2, 0) is 14.3 Å². The highest BCUT2D eigenvalue weighted by atomic mass is 16.6. The highest BCUT2D eigenvalue weighted by Crippen LogP contribution is 2.22. The van der Waals surface area contributed by atoms with E-state index in [4.69, 9.17) is 16.2 Å². The van der Waals surface area contributed by atoms with Crippen LogP contribution in [0, 0.1) is 0 Å². The number of rotatable bonds is 0. The van der Waals surface area contributed by atoms with Crippen molar-refractivity contribution in [1.29, 1.82) is 0 Å². The van der Waals surface area contributed by atoms with Gasteiger partial charge in [-0.05, 0) is 0 Å². The molecule has 0 saturated carbocycles. The predicted molar refractivity (Wildman–Crippen MR) is 43.6 cm³/mol. The fraction of sp³-hybridized carbons (Fsp3) is 0.125. The lowest BCUT2D eigenvalue weighted by Gasteiger charge is -1.95. The van der Waals surface area contributed by atoms with E-state index in [2.05, 4.69) is 4.74 Å². The van der Waals surface area contributed by atoms with E-state index < -0.39 is 5.97 Å². The van der Waals surface area contributed by atoms with Crippen LogP contribution in [0.3, 0.4) is 0 Å². The first-order chi connectivity index (χ1) is 6.16. The first-order valence-corrected chi connectivity index (χ1v) is 3.69. The molecule has 0 aromatic rings. The SMILES string of the molecule is NC1=C/C(=C2/C=C(N)OC2=O)CO1. The average Bonchev–Trinajstić information content (AvgIpc) is 2.58. The Bertz CT molecular complexity index is 366. The van der Waals surface area contributed by atoms with Gasteiger partial charge in [-0.1, -0.05) is 0 Å². The Morgan fingerprint density at radius 2 is 2.00 bits per heavy atom. The monoisotopic (exact) mass is 180 g/mol. The number of esters is 1.